The van der Waals surface area contributed by atoms with Gasteiger partial charge in [0.05, 0.1) is 6.10 Å². The molecule has 1 fully saturated rings. The average Bonchev–Trinajstić information content (AvgIpc) is 2.41. The summed E-state index contributed by atoms with van der Waals surface area (Å²) in [5.74, 6) is 1.71. The molecule has 3 N–H and O–H groups in total. The molecule has 0 radical (unpaired) electrons. The maximum Gasteiger partial charge on any atom is 0.161 e. The minimum Gasteiger partial charge on any atom is -0.487 e. The van der Waals surface area contributed by atoms with Crippen LogP contribution in [0.2, 0.25) is 0 Å². The van der Waals surface area contributed by atoms with Crippen molar-refractivity contribution in [2.45, 2.75) is 20.0 Å². The van der Waals surface area contributed by atoms with Crippen LogP contribution in [0.5, 0.6) is 11.5 Å². The van der Waals surface area contributed by atoms with Crippen LogP contribution in [0.4, 0.5) is 0 Å². The lowest BCUT2D eigenvalue weighted by atomic mass is 10.3. The van der Waals surface area contributed by atoms with Crippen molar-refractivity contribution in [1.29, 1.82) is 0 Å². The zero-order chi connectivity index (χ0) is 13.5. The van der Waals surface area contributed by atoms with Gasteiger partial charge in [-0.25, -0.2) is 0 Å². The fourth-order valence-electron chi connectivity index (χ4n) is 2.36. The summed E-state index contributed by atoms with van der Waals surface area (Å²) in [5, 5.41) is 2.39. The quantitative estimate of drug-likeness (QED) is 0.716. The zero-order valence-corrected chi connectivity index (χ0v) is 12.0. The summed E-state index contributed by atoms with van der Waals surface area (Å²) in [6.45, 7) is 10.9. The van der Waals surface area contributed by atoms with E-state index in [0.29, 0.717) is 0 Å². The van der Waals surface area contributed by atoms with Crippen molar-refractivity contribution < 1.29 is 19.7 Å². The van der Waals surface area contributed by atoms with Gasteiger partial charge < -0.3 is 19.7 Å². The highest BCUT2D eigenvalue weighted by Crippen LogP contribution is 2.27. The molecule has 0 aromatic heterocycles. The van der Waals surface area contributed by atoms with Gasteiger partial charge in [0.25, 0.3) is 0 Å². The Kier molecular flexibility index (Phi) is 5.48. The van der Waals surface area contributed by atoms with Crippen molar-refractivity contribution in [3.63, 3.8) is 0 Å². The molecule has 1 aromatic carbocycles. The molecule has 1 heterocycles. The highest BCUT2D eigenvalue weighted by atomic mass is 16.5. The molecule has 4 nitrogen and oxygen atoms in total. The fourth-order valence-corrected chi connectivity index (χ4v) is 2.36. The molecule has 0 aliphatic carbocycles. The Morgan fingerprint density at radius 3 is 2.53 bits per heavy atom. The number of hydrogen-bond acceptors (Lipinski definition) is 2. The molecule has 1 aliphatic rings. The summed E-state index contributed by atoms with van der Waals surface area (Å²) < 4.78 is 11.6. The molecule has 0 atom stereocenters. The van der Waals surface area contributed by atoms with E-state index in [1.54, 1.807) is 4.90 Å². The molecule has 0 spiro atoms. The van der Waals surface area contributed by atoms with E-state index < -0.39 is 0 Å². The van der Waals surface area contributed by atoms with Crippen LogP contribution in [-0.2, 0) is 0 Å². The first-order chi connectivity index (χ1) is 9.25. The van der Waals surface area contributed by atoms with E-state index in [4.69, 9.17) is 9.47 Å². The monoisotopic (exact) mass is 266 g/mol. The summed E-state index contributed by atoms with van der Waals surface area (Å²) in [6, 6.07) is 7.93. The van der Waals surface area contributed by atoms with Gasteiger partial charge in [0.1, 0.15) is 39.3 Å². The lowest BCUT2D eigenvalue weighted by Crippen LogP contribution is -3.20. The number of nitrogens with two attached hydrogens (primary N) is 1. The molecule has 0 bridgehead atoms. The van der Waals surface area contributed by atoms with Crippen LogP contribution in [0.3, 0.4) is 0 Å². The highest BCUT2D eigenvalue weighted by molar-refractivity contribution is 5.39. The van der Waals surface area contributed by atoms with Crippen LogP contribution in [0.15, 0.2) is 24.3 Å². The predicted molar refractivity (Wildman–Crippen MR) is 74.9 cm³/mol. The topological polar surface area (TPSA) is 39.5 Å². The van der Waals surface area contributed by atoms with Crippen molar-refractivity contribution >= 4 is 0 Å². The number of nitrogens with one attached hydrogen (secondary N) is 1. The van der Waals surface area contributed by atoms with Crippen LogP contribution in [0.1, 0.15) is 13.8 Å². The van der Waals surface area contributed by atoms with Gasteiger partial charge in [-0.1, -0.05) is 12.1 Å². The third kappa shape index (κ3) is 4.73. The van der Waals surface area contributed by atoms with Gasteiger partial charge in [0.15, 0.2) is 11.5 Å². The van der Waals surface area contributed by atoms with Crippen molar-refractivity contribution in [2.75, 3.05) is 39.3 Å². The third-order valence-corrected chi connectivity index (χ3v) is 3.33. The van der Waals surface area contributed by atoms with Crippen molar-refractivity contribution in [1.82, 2.24) is 0 Å². The number of piperazine rings is 1. The molecular formula is C15H26N2O2+2. The number of hydrogen-bond donors (Lipinski definition) is 2. The van der Waals surface area contributed by atoms with Gasteiger partial charge in [0.2, 0.25) is 0 Å². The Morgan fingerprint density at radius 2 is 1.84 bits per heavy atom. The second-order valence-electron chi connectivity index (χ2n) is 5.33. The fraction of sp³-hybridized carbons (Fsp3) is 0.600. The van der Waals surface area contributed by atoms with E-state index in [1.165, 1.54) is 26.2 Å². The largest absolute Gasteiger partial charge is 0.487 e. The molecule has 1 aliphatic heterocycles. The van der Waals surface area contributed by atoms with Crippen LogP contribution in [0, 0.1) is 0 Å². The molecule has 4 heteroatoms. The van der Waals surface area contributed by atoms with Gasteiger partial charge in [-0.3, -0.25) is 0 Å². The van der Waals surface area contributed by atoms with Crippen LogP contribution in [-0.4, -0.2) is 45.4 Å². The van der Waals surface area contributed by atoms with Gasteiger partial charge in [-0.2, -0.15) is 0 Å². The zero-order valence-electron chi connectivity index (χ0n) is 12.0. The molecule has 19 heavy (non-hydrogen) atoms. The second kappa shape index (κ2) is 7.36. The SMILES string of the molecule is CC(C)Oc1ccccc1OCC[NH+]1CC[NH2+]CC1. The van der Waals surface area contributed by atoms with Crippen LogP contribution >= 0.6 is 0 Å². The highest BCUT2D eigenvalue weighted by Gasteiger charge is 2.15. The Hall–Kier alpha value is -1.26. The first kappa shape index (κ1) is 14.2. The second-order valence-corrected chi connectivity index (χ2v) is 5.33. The van der Waals surface area contributed by atoms with Crippen molar-refractivity contribution in [2.24, 2.45) is 0 Å². The van der Waals surface area contributed by atoms with Crippen molar-refractivity contribution in [3.05, 3.63) is 24.3 Å². The van der Waals surface area contributed by atoms with E-state index in [-0.39, 0.29) is 6.10 Å². The van der Waals surface area contributed by atoms with E-state index in [1.807, 2.05) is 38.1 Å². The molecule has 106 valence electrons. The van der Waals surface area contributed by atoms with Gasteiger partial charge in [0, 0.05) is 0 Å². The predicted octanol–water partition coefficient (Wildman–Crippen LogP) is -0.685. The van der Waals surface area contributed by atoms with Crippen LogP contribution in [0.25, 0.3) is 0 Å². The Morgan fingerprint density at radius 1 is 1.16 bits per heavy atom. The molecule has 1 aromatic rings. The van der Waals surface area contributed by atoms with Gasteiger partial charge >= 0.3 is 0 Å². The third-order valence-electron chi connectivity index (χ3n) is 3.33. The van der Waals surface area contributed by atoms with E-state index in [2.05, 4.69) is 5.32 Å². The first-order valence-corrected chi connectivity index (χ1v) is 7.29. The maximum atomic E-state index is 5.88. The molecule has 1 saturated heterocycles. The number of benzene rings is 1. The summed E-state index contributed by atoms with van der Waals surface area (Å²) in [5.41, 5.74) is 0. The number of quaternary nitrogens is 2. The van der Waals surface area contributed by atoms with Gasteiger partial charge in [-0.05, 0) is 26.0 Å². The molecule has 2 rings (SSSR count). The molecule has 0 saturated carbocycles. The van der Waals surface area contributed by atoms with E-state index in [0.717, 1.165) is 24.7 Å². The number of rotatable bonds is 6. The number of ether oxygens (including phenoxy) is 2. The summed E-state index contributed by atoms with van der Waals surface area (Å²) in [7, 11) is 0. The Labute approximate surface area is 115 Å². The first-order valence-electron chi connectivity index (χ1n) is 7.29. The lowest BCUT2D eigenvalue weighted by molar-refractivity contribution is -0.946. The minimum atomic E-state index is 0.174. The molecule has 0 amide bonds. The standard InChI is InChI=1S/C15H24N2O2/c1-13(2)19-15-6-4-3-5-14(15)18-12-11-17-9-7-16-8-10-17/h3-6,13,16H,7-12H2,1-2H3/p+2. The minimum absolute atomic E-state index is 0.174. The maximum absolute atomic E-state index is 5.88. The Balaban J connectivity index is 1.81. The Bertz CT molecular complexity index is 376. The average molecular weight is 266 g/mol. The lowest BCUT2D eigenvalue weighted by Gasteiger charge is -2.22. The normalized spacial score (nSPS) is 16.6. The van der Waals surface area contributed by atoms with E-state index >= 15 is 0 Å². The van der Waals surface area contributed by atoms with Crippen molar-refractivity contribution in [3.8, 4) is 11.5 Å². The summed E-state index contributed by atoms with van der Waals surface area (Å²) >= 11 is 0. The number of para-hydroxylation sites is 2. The smallest absolute Gasteiger partial charge is 0.161 e. The van der Waals surface area contributed by atoms with Gasteiger partial charge in [-0.15, -0.1) is 0 Å². The molecule has 0 unspecified atom stereocenters. The molecular weight excluding hydrogens is 240 g/mol. The van der Waals surface area contributed by atoms with Crippen LogP contribution < -0.4 is 19.7 Å². The summed E-state index contributed by atoms with van der Waals surface area (Å²) in [6.07, 6.45) is 0.174. The summed E-state index contributed by atoms with van der Waals surface area (Å²) in [4.78, 5) is 1.64. The van der Waals surface area contributed by atoms with E-state index in [9.17, 15) is 0 Å².